The van der Waals surface area contributed by atoms with E-state index in [4.69, 9.17) is 10.5 Å². The largest absolute Gasteiger partial charge is 0.494 e. The van der Waals surface area contributed by atoms with E-state index in [1.165, 1.54) is 24.5 Å². The van der Waals surface area contributed by atoms with Crippen LogP contribution < -0.4 is 15.8 Å². The van der Waals surface area contributed by atoms with Crippen LogP contribution in [0.15, 0.2) is 23.6 Å². The molecule has 3 rings (SSSR count). The molecule has 0 saturated heterocycles. The Morgan fingerprint density at radius 2 is 2.08 bits per heavy atom. The lowest BCUT2D eigenvalue weighted by Gasteiger charge is -2.31. The Kier molecular flexibility index (Phi) is 6.37. The molecule has 0 unspecified atom stereocenters. The minimum absolute atomic E-state index is 0. The van der Waals surface area contributed by atoms with E-state index >= 15 is 0 Å². The van der Waals surface area contributed by atoms with Gasteiger partial charge >= 0.3 is 0 Å². The summed E-state index contributed by atoms with van der Waals surface area (Å²) in [6.45, 7) is 0. The number of carbonyl (C=O) groups excluding carboxylic acids is 1. The normalized spacial score (nSPS) is 16.0. The predicted molar refractivity (Wildman–Crippen MR) is 99.9 cm³/mol. The van der Waals surface area contributed by atoms with Crippen molar-refractivity contribution in [1.29, 1.82) is 0 Å². The van der Waals surface area contributed by atoms with Crippen molar-refractivity contribution in [3.63, 3.8) is 0 Å². The van der Waals surface area contributed by atoms with Gasteiger partial charge in [0.1, 0.15) is 0 Å². The minimum Gasteiger partial charge on any atom is -0.494 e. The number of methoxy groups -OCH3 is 1. The summed E-state index contributed by atoms with van der Waals surface area (Å²) in [5, 5.41) is 5.06. The van der Waals surface area contributed by atoms with E-state index < -0.39 is 11.4 Å². The molecule has 1 amide bonds. The number of halogens is 2. The fourth-order valence-corrected chi connectivity index (χ4v) is 3.64. The summed E-state index contributed by atoms with van der Waals surface area (Å²) < 4.78 is 18.7. The van der Waals surface area contributed by atoms with Crippen LogP contribution in [0.4, 0.5) is 9.52 Å². The Hall–Kier alpha value is -1.70. The first kappa shape index (κ1) is 19.6. The van der Waals surface area contributed by atoms with Crippen molar-refractivity contribution in [3.8, 4) is 17.0 Å². The fraction of sp³-hybridized carbons (Fsp3) is 0.412. The molecule has 0 atom stereocenters. The van der Waals surface area contributed by atoms with Crippen LogP contribution in [-0.2, 0) is 4.79 Å². The van der Waals surface area contributed by atoms with E-state index in [9.17, 15) is 9.18 Å². The van der Waals surface area contributed by atoms with E-state index in [0.717, 1.165) is 19.3 Å². The molecule has 1 aliphatic carbocycles. The van der Waals surface area contributed by atoms with E-state index in [1.54, 1.807) is 17.5 Å². The molecule has 0 radical (unpaired) electrons. The van der Waals surface area contributed by atoms with Gasteiger partial charge < -0.3 is 15.8 Å². The van der Waals surface area contributed by atoms with Crippen molar-refractivity contribution < 1.29 is 13.9 Å². The number of nitrogens with zero attached hydrogens (tertiary/aromatic N) is 1. The van der Waals surface area contributed by atoms with Gasteiger partial charge in [0, 0.05) is 10.9 Å². The van der Waals surface area contributed by atoms with Crippen molar-refractivity contribution in [1.82, 2.24) is 4.98 Å². The van der Waals surface area contributed by atoms with Crippen molar-refractivity contribution in [3.05, 3.63) is 29.4 Å². The standard InChI is InChI=1S/C17H20FN3O2S.ClH/c1-23-14-6-5-11(9-12(14)18)13-10-24-16(20-13)21-15(22)17(19)7-3-2-4-8-17;/h5-6,9-10H,2-4,7-8,19H2,1H3,(H,20,21,22);1H. The second-order valence-corrected chi connectivity index (χ2v) is 6.92. The summed E-state index contributed by atoms with van der Waals surface area (Å²) >= 11 is 1.30. The molecular weight excluding hydrogens is 365 g/mol. The molecule has 0 aliphatic heterocycles. The average molecular weight is 386 g/mol. The molecule has 5 nitrogen and oxygen atoms in total. The molecule has 2 aromatic rings. The van der Waals surface area contributed by atoms with Crippen LogP contribution in [0.2, 0.25) is 0 Å². The molecule has 1 heterocycles. The smallest absolute Gasteiger partial charge is 0.246 e. The number of hydrogen-bond acceptors (Lipinski definition) is 5. The molecule has 25 heavy (non-hydrogen) atoms. The van der Waals surface area contributed by atoms with Gasteiger partial charge in [0.05, 0.1) is 18.3 Å². The molecule has 1 aliphatic rings. The first-order valence-electron chi connectivity index (χ1n) is 7.92. The Labute approximate surface area is 156 Å². The van der Waals surface area contributed by atoms with Crippen molar-refractivity contribution in [2.75, 3.05) is 12.4 Å². The minimum atomic E-state index is -0.809. The number of thiazole rings is 1. The Bertz CT molecular complexity index is 747. The first-order chi connectivity index (χ1) is 11.5. The fourth-order valence-electron chi connectivity index (χ4n) is 2.92. The molecule has 0 bridgehead atoms. The molecule has 1 fully saturated rings. The third-order valence-electron chi connectivity index (χ3n) is 4.37. The number of benzene rings is 1. The van der Waals surface area contributed by atoms with Crippen LogP contribution in [0.3, 0.4) is 0 Å². The molecule has 1 aromatic heterocycles. The van der Waals surface area contributed by atoms with E-state index in [2.05, 4.69) is 10.3 Å². The van der Waals surface area contributed by atoms with E-state index in [-0.39, 0.29) is 24.1 Å². The molecule has 1 saturated carbocycles. The highest BCUT2D eigenvalue weighted by Gasteiger charge is 2.35. The van der Waals surface area contributed by atoms with Gasteiger partial charge in [0.2, 0.25) is 5.91 Å². The topological polar surface area (TPSA) is 77.2 Å². The Morgan fingerprint density at radius 1 is 1.36 bits per heavy atom. The lowest BCUT2D eigenvalue weighted by atomic mass is 9.82. The number of anilines is 1. The van der Waals surface area contributed by atoms with Gasteiger partial charge in [0.15, 0.2) is 16.7 Å². The second kappa shape index (κ2) is 8.12. The van der Waals surface area contributed by atoms with Crippen LogP contribution in [0.5, 0.6) is 5.75 Å². The monoisotopic (exact) mass is 385 g/mol. The van der Waals surface area contributed by atoms with Gasteiger partial charge in [-0.05, 0) is 31.0 Å². The first-order valence-corrected chi connectivity index (χ1v) is 8.79. The van der Waals surface area contributed by atoms with Gasteiger partial charge in [-0.15, -0.1) is 23.7 Å². The molecule has 136 valence electrons. The summed E-state index contributed by atoms with van der Waals surface area (Å²) in [5.74, 6) is -0.453. The summed E-state index contributed by atoms with van der Waals surface area (Å²) in [6, 6.07) is 4.65. The van der Waals surface area contributed by atoms with Crippen LogP contribution in [0.25, 0.3) is 11.3 Å². The number of nitrogens with one attached hydrogen (secondary N) is 1. The van der Waals surface area contributed by atoms with Gasteiger partial charge in [0.25, 0.3) is 0 Å². The van der Waals surface area contributed by atoms with E-state index in [0.29, 0.717) is 29.2 Å². The highest BCUT2D eigenvalue weighted by Crippen LogP contribution is 2.30. The van der Waals surface area contributed by atoms with Crippen molar-refractivity contribution in [2.24, 2.45) is 5.73 Å². The predicted octanol–water partition coefficient (Wildman–Crippen LogP) is 3.98. The highest BCUT2D eigenvalue weighted by atomic mass is 35.5. The Morgan fingerprint density at radius 3 is 2.72 bits per heavy atom. The third-order valence-corrected chi connectivity index (χ3v) is 5.13. The molecule has 3 N–H and O–H groups in total. The number of aromatic nitrogens is 1. The van der Waals surface area contributed by atoms with Crippen LogP contribution in [-0.4, -0.2) is 23.5 Å². The van der Waals surface area contributed by atoms with E-state index in [1.807, 2.05) is 0 Å². The van der Waals surface area contributed by atoms with Gasteiger partial charge in [-0.25, -0.2) is 9.37 Å². The summed E-state index contributed by atoms with van der Waals surface area (Å²) in [7, 11) is 1.42. The maximum atomic E-state index is 13.8. The average Bonchev–Trinajstić information content (AvgIpc) is 3.04. The Balaban J connectivity index is 0.00000225. The lowest BCUT2D eigenvalue weighted by Crippen LogP contribution is -2.52. The lowest BCUT2D eigenvalue weighted by molar-refractivity contribution is -0.122. The summed E-state index contributed by atoms with van der Waals surface area (Å²) in [4.78, 5) is 16.8. The number of nitrogens with two attached hydrogens (primary N) is 1. The molecule has 1 aromatic carbocycles. The zero-order valence-electron chi connectivity index (χ0n) is 13.9. The number of ether oxygens (including phenoxy) is 1. The third kappa shape index (κ3) is 4.29. The van der Waals surface area contributed by atoms with Crippen molar-refractivity contribution in [2.45, 2.75) is 37.6 Å². The number of hydrogen-bond donors (Lipinski definition) is 2. The molecule has 0 spiro atoms. The number of carbonyl (C=O) groups is 1. The van der Waals surface area contributed by atoms with Crippen molar-refractivity contribution >= 4 is 34.8 Å². The highest BCUT2D eigenvalue weighted by molar-refractivity contribution is 7.14. The summed E-state index contributed by atoms with van der Waals surface area (Å²) in [5.41, 5.74) is 6.65. The SMILES string of the molecule is COc1ccc(-c2csc(NC(=O)C3(N)CCCCC3)n2)cc1F.Cl. The zero-order chi connectivity index (χ0) is 17.2. The number of amides is 1. The summed E-state index contributed by atoms with van der Waals surface area (Å²) in [6.07, 6.45) is 4.45. The van der Waals surface area contributed by atoms with Gasteiger partial charge in [-0.3, -0.25) is 4.79 Å². The number of rotatable bonds is 4. The maximum Gasteiger partial charge on any atom is 0.246 e. The van der Waals surface area contributed by atoms with Gasteiger partial charge in [-0.2, -0.15) is 0 Å². The van der Waals surface area contributed by atoms with Crippen LogP contribution in [0, 0.1) is 5.82 Å². The van der Waals surface area contributed by atoms with Crippen LogP contribution in [0.1, 0.15) is 32.1 Å². The molecular formula is C17H21ClFN3O2S. The second-order valence-electron chi connectivity index (χ2n) is 6.06. The zero-order valence-corrected chi connectivity index (χ0v) is 15.5. The molecule has 8 heteroatoms. The maximum absolute atomic E-state index is 13.8. The van der Waals surface area contributed by atoms with Crippen LogP contribution >= 0.6 is 23.7 Å². The quantitative estimate of drug-likeness (QED) is 0.834. The van der Waals surface area contributed by atoms with Gasteiger partial charge in [-0.1, -0.05) is 19.3 Å².